The molecule has 70 valence electrons. The van der Waals surface area contributed by atoms with Gasteiger partial charge >= 0.3 is 5.97 Å². The Morgan fingerprint density at radius 3 is 2.62 bits per heavy atom. The second-order valence-electron chi connectivity index (χ2n) is 2.50. The molecule has 1 rings (SSSR count). The minimum Gasteiger partial charge on any atom is -0.508 e. The van der Waals surface area contributed by atoms with Crippen molar-refractivity contribution < 1.29 is 17.7 Å². The van der Waals surface area contributed by atoms with E-state index in [1.807, 2.05) is 0 Å². The molecular formula is C9H11NO3. The predicted octanol–water partition coefficient (Wildman–Crippen LogP) is 0.347. The average molecular weight is 184 g/mol. The number of rotatable bonds is 3. The van der Waals surface area contributed by atoms with E-state index in [-0.39, 0.29) is 11.3 Å². The second-order valence-corrected chi connectivity index (χ2v) is 2.50. The fourth-order valence-corrected chi connectivity index (χ4v) is 0.812. The molecule has 1 aromatic carbocycles. The number of hydrogen-bond acceptors (Lipinski definition) is 3. The van der Waals surface area contributed by atoms with Crippen LogP contribution in [-0.2, 0) is 11.2 Å². The number of nitrogens with two attached hydrogens (primary N) is 1. The van der Waals surface area contributed by atoms with Crippen molar-refractivity contribution in [2.45, 2.75) is 12.4 Å². The monoisotopic (exact) mass is 184 g/mol. The number of carboxylic acid groups (broad SMARTS) is 1. The van der Waals surface area contributed by atoms with Gasteiger partial charge in [0.2, 0.25) is 0 Å². The van der Waals surface area contributed by atoms with E-state index in [4.69, 9.17) is 18.7 Å². The second kappa shape index (κ2) is 3.91. The summed E-state index contributed by atoms with van der Waals surface area (Å²) in [5.41, 5.74) is 5.46. The first kappa shape index (κ1) is 6.91. The molecule has 0 heterocycles. The Labute approximate surface area is 78.4 Å². The van der Waals surface area contributed by atoms with Gasteiger partial charge in [-0.1, -0.05) is 12.1 Å². The Kier molecular flexibility index (Phi) is 2.08. The highest BCUT2D eigenvalue weighted by atomic mass is 16.5. The molecule has 2 atom stereocenters. The van der Waals surface area contributed by atoms with Crippen molar-refractivity contribution >= 4 is 5.97 Å². The van der Waals surface area contributed by atoms with E-state index < -0.39 is 18.4 Å². The van der Waals surface area contributed by atoms with Gasteiger partial charge in [-0.2, -0.15) is 0 Å². The topological polar surface area (TPSA) is 83.5 Å². The summed E-state index contributed by atoms with van der Waals surface area (Å²) in [6, 6.07) is 2.97. The molecule has 0 aliphatic carbocycles. The van der Waals surface area contributed by atoms with Gasteiger partial charge in [0.25, 0.3) is 0 Å². The summed E-state index contributed by atoms with van der Waals surface area (Å²) in [6.45, 7) is 0. The molecule has 4 nitrogen and oxygen atoms in total. The summed E-state index contributed by atoms with van der Waals surface area (Å²) in [5.74, 6) is -1.55. The molecule has 0 saturated carbocycles. The molecule has 4 heteroatoms. The van der Waals surface area contributed by atoms with Gasteiger partial charge in [0.05, 0.1) is 1.37 Å². The fraction of sp³-hybridized carbons (Fsp3) is 0.222. The Balaban J connectivity index is 2.99. The Morgan fingerprint density at radius 2 is 2.15 bits per heavy atom. The van der Waals surface area contributed by atoms with Gasteiger partial charge < -0.3 is 15.9 Å². The van der Waals surface area contributed by atoms with Crippen molar-refractivity contribution in [2.75, 3.05) is 0 Å². The molecule has 13 heavy (non-hydrogen) atoms. The molecule has 0 amide bonds. The maximum absolute atomic E-state index is 10.6. The van der Waals surface area contributed by atoms with Crippen LogP contribution < -0.4 is 5.73 Å². The number of phenols is 1. The Hall–Kier alpha value is -1.55. The van der Waals surface area contributed by atoms with Crippen molar-refractivity contribution in [3.05, 3.63) is 29.8 Å². The third-order valence-electron chi connectivity index (χ3n) is 1.46. The van der Waals surface area contributed by atoms with Crippen LogP contribution >= 0.6 is 0 Å². The van der Waals surface area contributed by atoms with E-state index in [0.29, 0.717) is 0 Å². The largest absolute Gasteiger partial charge is 0.508 e. The predicted molar refractivity (Wildman–Crippen MR) is 47.4 cm³/mol. The van der Waals surface area contributed by atoms with E-state index in [1.165, 1.54) is 24.3 Å². The zero-order valence-electron chi connectivity index (χ0n) is 8.77. The summed E-state index contributed by atoms with van der Waals surface area (Å²) in [5, 5.41) is 17.6. The van der Waals surface area contributed by atoms with E-state index >= 15 is 0 Å². The van der Waals surface area contributed by atoms with E-state index in [1.54, 1.807) is 0 Å². The van der Waals surface area contributed by atoms with Crippen LogP contribution in [0.2, 0.25) is 0 Å². The fourth-order valence-electron chi connectivity index (χ4n) is 0.812. The molecule has 0 fully saturated rings. The van der Waals surface area contributed by atoms with Crippen molar-refractivity contribution in [2.24, 2.45) is 5.73 Å². The van der Waals surface area contributed by atoms with Crippen LogP contribution in [0, 0.1) is 0 Å². The molecule has 4 N–H and O–H groups in total. The number of hydrogen-bond donors (Lipinski definition) is 3. The van der Waals surface area contributed by atoms with Crippen LogP contribution in [0.15, 0.2) is 24.3 Å². The average Bonchev–Trinajstić information content (AvgIpc) is 2.17. The molecule has 1 aromatic rings. The Bertz CT molecular complexity index is 364. The number of carbonyl (C=O) groups is 1. The smallest absolute Gasteiger partial charge is 0.320 e. The van der Waals surface area contributed by atoms with Crippen LogP contribution in [0.4, 0.5) is 0 Å². The number of benzene rings is 1. The maximum Gasteiger partial charge on any atom is 0.320 e. The zero-order chi connectivity index (χ0) is 11.6. The van der Waals surface area contributed by atoms with E-state index in [0.717, 1.165) is 0 Å². The minimum absolute atomic E-state index is 0.00822. The lowest BCUT2D eigenvalue weighted by molar-refractivity contribution is -0.138. The third-order valence-corrected chi connectivity index (χ3v) is 1.46. The van der Waals surface area contributed by atoms with Gasteiger partial charge in [0.1, 0.15) is 11.8 Å². The van der Waals surface area contributed by atoms with Crippen molar-refractivity contribution in [1.82, 2.24) is 0 Å². The van der Waals surface area contributed by atoms with E-state index in [9.17, 15) is 4.79 Å². The van der Waals surface area contributed by atoms with Crippen molar-refractivity contribution in [1.29, 1.82) is 0 Å². The van der Waals surface area contributed by atoms with Crippen LogP contribution in [0.3, 0.4) is 0 Å². The lowest BCUT2D eigenvalue weighted by Gasteiger charge is -2.05. The lowest BCUT2D eigenvalue weighted by atomic mass is 10.1. The summed E-state index contributed by atoms with van der Waals surface area (Å²) < 4.78 is 14.8. The summed E-state index contributed by atoms with van der Waals surface area (Å²) >= 11 is 0. The van der Waals surface area contributed by atoms with Crippen molar-refractivity contribution in [3.8, 4) is 5.75 Å². The maximum atomic E-state index is 10.6. The standard InChI is InChI=1S/C9H11NO3/c10-8(9(12)13)5-6-1-3-7(11)4-2-6/h1-4,8,11H,5,10H2,(H,12,13)/t8-/m0/s1/i5D,8D,9+1/t5-,8+/m1. The van der Waals surface area contributed by atoms with Gasteiger partial charge in [-0.3, -0.25) is 4.79 Å². The molecule has 0 saturated heterocycles. The summed E-state index contributed by atoms with van der Waals surface area (Å²) in [6.07, 6.45) is -1.41. The quantitative estimate of drug-likeness (QED) is 0.592. The minimum atomic E-state index is -2.39. The molecule has 0 aliphatic heterocycles. The number of aliphatic carboxylic acids is 1. The van der Waals surface area contributed by atoms with Crippen molar-refractivity contribution in [3.63, 3.8) is 0 Å². The number of phenolic OH excluding ortho intramolecular Hbond substituents is 1. The molecule has 0 radical (unpaired) electrons. The summed E-state index contributed by atoms with van der Waals surface area (Å²) in [7, 11) is 0. The SMILES string of the molecule is [2H][C@H](c1ccc(O)cc1)[C@]([2H])(N)[13C](=O)O. The van der Waals surface area contributed by atoms with Crippen LogP contribution in [0.5, 0.6) is 5.75 Å². The first-order chi connectivity index (χ1) is 6.85. The number of carboxylic acids is 1. The van der Waals surface area contributed by atoms with Crippen LogP contribution in [-0.4, -0.2) is 22.2 Å². The molecule has 0 aromatic heterocycles. The highest BCUT2D eigenvalue weighted by Gasteiger charge is 2.11. The highest BCUT2D eigenvalue weighted by Crippen LogP contribution is 2.10. The molecular weight excluding hydrogens is 171 g/mol. The van der Waals surface area contributed by atoms with Gasteiger partial charge in [-0.25, -0.2) is 0 Å². The van der Waals surface area contributed by atoms with Gasteiger partial charge in [-0.15, -0.1) is 0 Å². The molecule has 0 unspecified atom stereocenters. The molecule has 0 aliphatic rings. The van der Waals surface area contributed by atoms with E-state index in [2.05, 4.69) is 0 Å². The first-order valence-corrected chi connectivity index (χ1v) is 3.59. The summed E-state index contributed by atoms with van der Waals surface area (Å²) in [4.78, 5) is 10.6. The van der Waals surface area contributed by atoms with Gasteiger partial charge in [0.15, 0.2) is 0 Å². The normalized spacial score (nSPS) is 19.5. The lowest BCUT2D eigenvalue weighted by Crippen LogP contribution is -2.32. The number of aromatic hydroxyl groups is 1. The highest BCUT2D eigenvalue weighted by molar-refractivity contribution is 5.73. The van der Waals surface area contributed by atoms with Crippen LogP contribution in [0.1, 0.15) is 8.30 Å². The third kappa shape index (κ3) is 2.76. The molecule has 0 spiro atoms. The first-order valence-electron chi connectivity index (χ1n) is 4.67. The van der Waals surface area contributed by atoms with Gasteiger partial charge in [0, 0.05) is 1.37 Å². The van der Waals surface area contributed by atoms with Crippen LogP contribution in [0.25, 0.3) is 0 Å². The Morgan fingerprint density at radius 1 is 1.62 bits per heavy atom. The molecule has 0 bridgehead atoms. The zero-order valence-corrected chi connectivity index (χ0v) is 6.77. The van der Waals surface area contributed by atoms with Gasteiger partial charge in [-0.05, 0) is 24.1 Å².